The van der Waals surface area contributed by atoms with Crippen LogP contribution in [-0.4, -0.2) is 48.4 Å². The van der Waals surface area contributed by atoms with Crippen LogP contribution in [0.5, 0.6) is 0 Å². The number of halogens is 3. The Bertz CT molecular complexity index is 1270. The maximum atomic E-state index is 13.6. The standard InChI is InChI=1S/C23H21F3N6O/c24-23(25,26)22-28-18-8-4-5-9-20(18)31(22)15-16-10-12-30(13-11-16)21(33)19-14-27-32(29-19)17-6-2-1-3-7-17/h1-9,14,16H,10-13,15H2. The molecule has 0 unspecified atom stereocenters. The van der Waals surface area contributed by atoms with Gasteiger partial charge in [-0.05, 0) is 43.0 Å². The Balaban J connectivity index is 1.27. The fourth-order valence-corrected chi connectivity index (χ4v) is 4.26. The summed E-state index contributed by atoms with van der Waals surface area (Å²) in [5.74, 6) is -1.09. The third-order valence-electron chi connectivity index (χ3n) is 5.95. The number of hydrogen-bond acceptors (Lipinski definition) is 4. The average molecular weight is 454 g/mol. The number of piperidine rings is 1. The predicted molar refractivity (Wildman–Crippen MR) is 115 cm³/mol. The Morgan fingerprint density at radius 2 is 1.70 bits per heavy atom. The molecule has 7 nitrogen and oxygen atoms in total. The molecule has 0 aliphatic carbocycles. The van der Waals surface area contributed by atoms with E-state index in [9.17, 15) is 18.0 Å². The predicted octanol–water partition coefficient (Wildman–Crippen LogP) is 4.19. The summed E-state index contributed by atoms with van der Waals surface area (Å²) in [6, 6.07) is 15.9. The molecule has 1 amide bonds. The fourth-order valence-electron chi connectivity index (χ4n) is 4.26. The monoisotopic (exact) mass is 454 g/mol. The van der Waals surface area contributed by atoms with Crippen LogP contribution in [0.2, 0.25) is 0 Å². The Kier molecular flexibility index (Phi) is 5.35. The summed E-state index contributed by atoms with van der Waals surface area (Å²) in [5, 5.41) is 8.46. The number of para-hydroxylation sites is 3. The van der Waals surface area contributed by atoms with Gasteiger partial charge in [0.2, 0.25) is 5.82 Å². The van der Waals surface area contributed by atoms with Gasteiger partial charge < -0.3 is 9.47 Å². The first-order valence-electron chi connectivity index (χ1n) is 10.7. The van der Waals surface area contributed by atoms with Gasteiger partial charge in [-0.3, -0.25) is 4.79 Å². The third kappa shape index (κ3) is 4.20. The van der Waals surface area contributed by atoms with Crippen molar-refractivity contribution in [2.75, 3.05) is 13.1 Å². The fraction of sp³-hybridized carbons (Fsp3) is 0.304. The Hall–Kier alpha value is -3.69. The largest absolute Gasteiger partial charge is 0.449 e. The molecule has 5 rings (SSSR count). The van der Waals surface area contributed by atoms with Gasteiger partial charge in [0, 0.05) is 19.6 Å². The molecule has 0 spiro atoms. The maximum Gasteiger partial charge on any atom is 0.449 e. The SMILES string of the molecule is O=C(c1cnn(-c2ccccc2)n1)N1CCC(Cn2c(C(F)(F)F)nc3ccccc32)CC1. The minimum Gasteiger partial charge on any atom is -0.337 e. The van der Waals surface area contributed by atoms with Crippen molar-refractivity contribution in [1.82, 2.24) is 29.4 Å². The van der Waals surface area contributed by atoms with Crippen LogP contribution in [-0.2, 0) is 12.7 Å². The van der Waals surface area contributed by atoms with E-state index in [1.165, 1.54) is 15.6 Å². The molecular formula is C23H21F3N6O. The minimum absolute atomic E-state index is 0.00718. The van der Waals surface area contributed by atoms with E-state index in [0.717, 1.165) is 5.69 Å². The topological polar surface area (TPSA) is 68.8 Å². The number of benzene rings is 2. The van der Waals surface area contributed by atoms with Crippen molar-refractivity contribution < 1.29 is 18.0 Å². The molecule has 1 aliphatic heterocycles. The van der Waals surface area contributed by atoms with Crippen molar-refractivity contribution in [1.29, 1.82) is 0 Å². The lowest BCUT2D eigenvalue weighted by Gasteiger charge is -2.32. The van der Waals surface area contributed by atoms with Crippen LogP contribution in [0.4, 0.5) is 13.2 Å². The normalized spacial score (nSPS) is 15.3. The van der Waals surface area contributed by atoms with Gasteiger partial charge in [0.15, 0.2) is 5.69 Å². The van der Waals surface area contributed by atoms with E-state index in [4.69, 9.17) is 0 Å². The lowest BCUT2D eigenvalue weighted by Crippen LogP contribution is -2.39. The first kappa shape index (κ1) is 21.2. The zero-order valence-electron chi connectivity index (χ0n) is 17.6. The molecule has 33 heavy (non-hydrogen) atoms. The Labute approximate surface area is 187 Å². The Morgan fingerprint density at radius 1 is 1.00 bits per heavy atom. The highest BCUT2D eigenvalue weighted by Crippen LogP contribution is 2.33. The van der Waals surface area contributed by atoms with Crippen molar-refractivity contribution in [3.8, 4) is 5.69 Å². The minimum atomic E-state index is -4.53. The summed E-state index contributed by atoms with van der Waals surface area (Å²) in [7, 11) is 0. The van der Waals surface area contributed by atoms with E-state index < -0.39 is 12.0 Å². The number of carbonyl (C=O) groups is 1. The van der Waals surface area contributed by atoms with Crippen LogP contribution in [0.15, 0.2) is 60.8 Å². The lowest BCUT2D eigenvalue weighted by molar-refractivity contribution is -0.147. The molecule has 1 fully saturated rings. The van der Waals surface area contributed by atoms with Crippen LogP contribution in [0.25, 0.3) is 16.7 Å². The molecule has 0 bridgehead atoms. The van der Waals surface area contributed by atoms with Crippen molar-refractivity contribution in [2.24, 2.45) is 5.92 Å². The van der Waals surface area contributed by atoms with Gasteiger partial charge >= 0.3 is 6.18 Å². The van der Waals surface area contributed by atoms with Gasteiger partial charge in [-0.1, -0.05) is 30.3 Å². The number of carbonyl (C=O) groups excluding carboxylic acids is 1. The van der Waals surface area contributed by atoms with Gasteiger partial charge in [0.25, 0.3) is 5.91 Å². The van der Waals surface area contributed by atoms with E-state index >= 15 is 0 Å². The number of amides is 1. The number of imidazole rings is 1. The molecular weight excluding hydrogens is 433 g/mol. The summed E-state index contributed by atoms with van der Waals surface area (Å²) in [4.78, 5) is 19.8. The number of rotatable bonds is 4. The molecule has 2 aromatic heterocycles. The average Bonchev–Trinajstić information content (AvgIpc) is 3.46. The lowest BCUT2D eigenvalue weighted by atomic mass is 9.96. The molecule has 0 saturated carbocycles. The van der Waals surface area contributed by atoms with E-state index in [0.29, 0.717) is 37.0 Å². The molecule has 4 aromatic rings. The van der Waals surface area contributed by atoms with Crippen LogP contribution < -0.4 is 0 Å². The van der Waals surface area contributed by atoms with Gasteiger partial charge in [0.1, 0.15) is 0 Å². The summed E-state index contributed by atoms with van der Waals surface area (Å²) in [6.45, 7) is 1.12. The second kappa shape index (κ2) is 8.34. The number of alkyl halides is 3. The first-order chi connectivity index (χ1) is 15.9. The number of nitrogens with zero attached hydrogens (tertiary/aromatic N) is 6. The van der Waals surface area contributed by atoms with Crippen molar-refractivity contribution in [2.45, 2.75) is 25.6 Å². The summed E-state index contributed by atoms with van der Waals surface area (Å²) < 4.78 is 42.0. The van der Waals surface area contributed by atoms with Gasteiger partial charge in [-0.25, -0.2) is 4.98 Å². The van der Waals surface area contributed by atoms with Gasteiger partial charge in [0.05, 0.1) is 22.9 Å². The summed E-state index contributed by atoms with van der Waals surface area (Å²) >= 11 is 0. The number of likely N-dealkylation sites (tertiary alicyclic amines) is 1. The maximum absolute atomic E-state index is 13.6. The van der Waals surface area contributed by atoms with Crippen LogP contribution in [0.3, 0.4) is 0 Å². The zero-order chi connectivity index (χ0) is 23.0. The molecule has 170 valence electrons. The van der Waals surface area contributed by atoms with E-state index in [1.807, 2.05) is 30.3 Å². The van der Waals surface area contributed by atoms with Crippen LogP contribution in [0.1, 0.15) is 29.2 Å². The molecule has 1 aliphatic rings. The van der Waals surface area contributed by atoms with Crippen LogP contribution >= 0.6 is 0 Å². The highest BCUT2D eigenvalue weighted by molar-refractivity contribution is 5.92. The highest BCUT2D eigenvalue weighted by atomic mass is 19.4. The summed E-state index contributed by atoms with van der Waals surface area (Å²) in [6.07, 6.45) is -1.89. The van der Waals surface area contributed by atoms with Crippen LogP contribution in [0, 0.1) is 5.92 Å². The Morgan fingerprint density at radius 3 is 2.42 bits per heavy atom. The second-order valence-electron chi connectivity index (χ2n) is 8.12. The van der Waals surface area contributed by atoms with Crippen molar-refractivity contribution in [3.05, 3.63) is 72.3 Å². The molecule has 1 saturated heterocycles. The number of aromatic nitrogens is 5. The number of hydrogen-bond donors (Lipinski definition) is 0. The third-order valence-corrected chi connectivity index (χ3v) is 5.95. The first-order valence-corrected chi connectivity index (χ1v) is 10.7. The smallest absolute Gasteiger partial charge is 0.337 e. The molecule has 0 atom stereocenters. The van der Waals surface area contributed by atoms with Gasteiger partial charge in [-0.2, -0.15) is 23.1 Å². The number of fused-ring (bicyclic) bond motifs is 1. The van der Waals surface area contributed by atoms with E-state index in [1.54, 1.807) is 29.2 Å². The van der Waals surface area contributed by atoms with Crippen molar-refractivity contribution in [3.63, 3.8) is 0 Å². The molecule has 3 heterocycles. The molecule has 0 N–H and O–H groups in total. The molecule has 2 aromatic carbocycles. The highest BCUT2D eigenvalue weighted by Gasteiger charge is 2.38. The summed E-state index contributed by atoms with van der Waals surface area (Å²) in [5.41, 5.74) is 1.81. The van der Waals surface area contributed by atoms with E-state index in [2.05, 4.69) is 15.2 Å². The van der Waals surface area contributed by atoms with Gasteiger partial charge in [-0.15, -0.1) is 5.10 Å². The zero-order valence-corrected chi connectivity index (χ0v) is 17.6. The quantitative estimate of drug-likeness (QED) is 0.464. The molecule has 10 heteroatoms. The molecule has 0 radical (unpaired) electrons. The second-order valence-corrected chi connectivity index (χ2v) is 8.12. The van der Waals surface area contributed by atoms with E-state index in [-0.39, 0.29) is 24.1 Å². The van der Waals surface area contributed by atoms with Crippen molar-refractivity contribution >= 4 is 16.9 Å².